The number of hydrogen-bond acceptors (Lipinski definition) is 4. The van der Waals surface area contributed by atoms with Gasteiger partial charge in [-0.05, 0) is 19.3 Å². The maximum absolute atomic E-state index is 11.4. The first-order valence-corrected chi connectivity index (χ1v) is 5.95. The molecule has 5 nitrogen and oxygen atoms in total. The van der Waals surface area contributed by atoms with E-state index >= 15 is 0 Å². The van der Waals surface area contributed by atoms with Gasteiger partial charge in [0.15, 0.2) is 0 Å². The molecule has 5 heteroatoms. The summed E-state index contributed by atoms with van der Waals surface area (Å²) in [6, 6.07) is 0. The van der Waals surface area contributed by atoms with E-state index in [1.807, 2.05) is 0 Å². The smallest absolute Gasteiger partial charge is 0.223 e. The Bertz CT molecular complexity index is 417. The maximum atomic E-state index is 11.4. The molecule has 1 N–H and O–H groups in total. The molecule has 0 unspecified atom stereocenters. The molecule has 1 aliphatic carbocycles. The van der Waals surface area contributed by atoms with Gasteiger partial charge in [-0.15, -0.1) is 0 Å². The van der Waals surface area contributed by atoms with Crippen LogP contribution in [0.4, 0.5) is 5.82 Å². The Hall–Kier alpha value is -1.65. The standard InChI is InChI=1S/C12H18N4O/c1-16(2)11(17)6-7-13-12-9-4-3-5-10(9)14-8-15-12/h8H,3-7H2,1-2H3,(H,13,14,15). The number of anilines is 1. The van der Waals surface area contributed by atoms with Crippen molar-refractivity contribution >= 4 is 11.7 Å². The van der Waals surface area contributed by atoms with Crippen LogP contribution in [-0.4, -0.2) is 41.4 Å². The Morgan fingerprint density at radius 1 is 1.41 bits per heavy atom. The number of hydrogen-bond donors (Lipinski definition) is 1. The highest BCUT2D eigenvalue weighted by molar-refractivity contribution is 5.76. The molecule has 1 amide bonds. The van der Waals surface area contributed by atoms with Crippen LogP contribution in [0.2, 0.25) is 0 Å². The van der Waals surface area contributed by atoms with Crippen LogP contribution in [0.25, 0.3) is 0 Å². The minimum absolute atomic E-state index is 0.128. The number of amides is 1. The van der Waals surface area contributed by atoms with E-state index in [1.165, 1.54) is 5.56 Å². The topological polar surface area (TPSA) is 58.1 Å². The van der Waals surface area contributed by atoms with Gasteiger partial charge in [0.2, 0.25) is 5.91 Å². The molecule has 17 heavy (non-hydrogen) atoms. The maximum Gasteiger partial charge on any atom is 0.223 e. The third kappa shape index (κ3) is 2.72. The van der Waals surface area contributed by atoms with Crippen LogP contribution in [0.15, 0.2) is 6.33 Å². The Labute approximate surface area is 101 Å². The molecule has 1 aliphatic rings. The molecular formula is C12H18N4O. The second kappa shape index (κ2) is 5.12. The molecule has 0 bridgehead atoms. The molecule has 0 aliphatic heterocycles. The van der Waals surface area contributed by atoms with E-state index in [0.717, 1.165) is 30.8 Å². The summed E-state index contributed by atoms with van der Waals surface area (Å²) in [6.07, 6.45) is 5.33. The molecule has 0 radical (unpaired) electrons. The van der Waals surface area contributed by atoms with E-state index in [1.54, 1.807) is 25.3 Å². The van der Waals surface area contributed by atoms with Crippen LogP contribution in [0, 0.1) is 0 Å². The summed E-state index contributed by atoms with van der Waals surface area (Å²) in [4.78, 5) is 21.5. The fourth-order valence-electron chi connectivity index (χ4n) is 2.02. The number of fused-ring (bicyclic) bond motifs is 1. The molecule has 0 aromatic carbocycles. The minimum Gasteiger partial charge on any atom is -0.369 e. The lowest BCUT2D eigenvalue weighted by Gasteiger charge is -2.12. The normalized spacial score (nSPS) is 13.3. The summed E-state index contributed by atoms with van der Waals surface area (Å²) in [5, 5.41) is 3.23. The summed E-state index contributed by atoms with van der Waals surface area (Å²) in [5.74, 6) is 1.03. The molecule has 2 rings (SSSR count). The van der Waals surface area contributed by atoms with Crippen LogP contribution < -0.4 is 5.32 Å². The SMILES string of the molecule is CN(C)C(=O)CCNc1ncnc2c1CCC2. The first kappa shape index (κ1) is 11.8. The zero-order valence-corrected chi connectivity index (χ0v) is 10.4. The third-order valence-electron chi connectivity index (χ3n) is 3.01. The van der Waals surface area contributed by atoms with Crippen molar-refractivity contribution in [1.29, 1.82) is 0 Å². The van der Waals surface area contributed by atoms with Crippen molar-refractivity contribution in [2.75, 3.05) is 26.0 Å². The first-order valence-electron chi connectivity index (χ1n) is 5.95. The quantitative estimate of drug-likeness (QED) is 0.839. The van der Waals surface area contributed by atoms with Gasteiger partial charge < -0.3 is 10.2 Å². The highest BCUT2D eigenvalue weighted by Crippen LogP contribution is 2.24. The number of aromatic nitrogens is 2. The summed E-state index contributed by atoms with van der Waals surface area (Å²) in [5.41, 5.74) is 2.38. The lowest BCUT2D eigenvalue weighted by atomic mass is 10.2. The molecule has 92 valence electrons. The van der Waals surface area contributed by atoms with Gasteiger partial charge in [0.05, 0.1) is 0 Å². The Kier molecular flexibility index (Phi) is 3.56. The predicted octanol–water partition coefficient (Wildman–Crippen LogP) is 0.855. The highest BCUT2D eigenvalue weighted by atomic mass is 16.2. The van der Waals surface area contributed by atoms with Gasteiger partial charge >= 0.3 is 0 Å². The molecule has 0 fully saturated rings. The molecule has 1 aromatic heterocycles. The summed E-state index contributed by atoms with van der Waals surface area (Å²) >= 11 is 0. The van der Waals surface area contributed by atoms with E-state index in [-0.39, 0.29) is 5.91 Å². The number of nitrogens with one attached hydrogen (secondary N) is 1. The van der Waals surface area contributed by atoms with Crippen molar-refractivity contribution in [2.24, 2.45) is 0 Å². The largest absolute Gasteiger partial charge is 0.369 e. The Morgan fingerprint density at radius 3 is 3.00 bits per heavy atom. The third-order valence-corrected chi connectivity index (χ3v) is 3.01. The van der Waals surface area contributed by atoms with Gasteiger partial charge in [-0.2, -0.15) is 0 Å². The van der Waals surface area contributed by atoms with Crippen molar-refractivity contribution in [1.82, 2.24) is 14.9 Å². The zero-order chi connectivity index (χ0) is 12.3. The van der Waals surface area contributed by atoms with E-state index < -0.39 is 0 Å². The second-order valence-corrected chi connectivity index (χ2v) is 4.47. The summed E-state index contributed by atoms with van der Waals surface area (Å²) < 4.78 is 0. The average molecular weight is 234 g/mol. The minimum atomic E-state index is 0.128. The second-order valence-electron chi connectivity index (χ2n) is 4.47. The number of carbonyl (C=O) groups excluding carboxylic acids is 1. The van der Waals surface area contributed by atoms with Crippen LogP contribution in [0.1, 0.15) is 24.1 Å². The van der Waals surface area contributed by atoms with Crippen molar-refractivity contribution in [3.05, 3.63) is 17.6 Å². The fourth-order valence-corrected chi connectivity index (χ4v) is 2.02. The van der Waals surface area contributed by atoms with Crippen molar-refractivity contribution in [2.45, 2.75) is 25.7 Å². The summed E-state index contributed by atoms with van der Waals surface area (Å²) in [6.45, 7) is 0.625. The molecule has 0 atom stereocenters. The molecule has 1 heterocycles. The highest BCUT2D eigenvalue weighted by Gasteiger charge is 2.16. The predicted molar refractivity (Wildman–Crippen MR) is 65.9 cm³/mol. The number of rotatable bonds is 4. The van der Waals surface area contributed by atoms with Crippen LogP contribution >= 0.6 is 0 Å². The number of carbonyl (C=O) groups is 1. The van der Waals surface area contributed by atoms with E-state index in [2.05, 4.69) is 15.3 Å². The van der Waals surface area contributed by atoms with Gasteiger partial charge in [-0.25, -0.2) is 9.97 Å². The number of nitrogens with zero attached hydrogens (tertiary/aromatic N) is 3. The van der Waals surface area contributed by atoms with Gasteiger partial charge in [-0.3, -0.25) is 4.79 Å². The van der Waals surface area contributed by atoms with Crippen LogP contribution in [0.3, 0.4) is 0 Å². The van der Waals surface area contributed by atoms with Gasteiger partial charge in [0.25, 0.3) is 0 Å². The van der Waals surface area contributed by atoms with Gasteiger partial charge in [0.1, 0.15) is 12.1 Å². The summed E-state index contributed by atoms with van der Waals surface area (Å²) in [7, 11) is 3.54. The van der Waals surface area contributed by atoms with E-state index in [0.29, 0.717) is 13.0 Å². The molecular weight excluding hydrogens is 216 g/mol. The van der Waals surface area contributed by atoms with Gasteiger partial charge in [0, 0.05) is 38.3 Å². The van der Waals surface area contributed by atoms with Crippen molar-refractivity contribution in [3.8, 4) is 0 Å². The molecule has 0 saturated carbocycles. The van der Waals surface area contributed by atoms with Crippen molar-refractivity contribution < 1.29 is 4.79 Å². The van der Waals surface area contributed by atoms with Crippen LogP contribution in [-0.2, 0) is 17.6 Å². The monoisotopic (exact) mass is 234 g/mol. The Balaban J connectivity index is 1.92. The number of aryl methyl sites for hydroxylation is 1. The van der Waals surface area contributed by atoms with Gasteiger partial charge in [-0.1, -0.05) is 0 Å². The van der Waals surface area contributed by atoms with E-state index in [9.17, 15) is 4.79 Å². The van der Waals surface area contributed by atoms with E-state index in [4.69, 9.17) is 0 Å². The van der Waals surface area contributed by atoms with Crippen molar-refractivity contribution in [3.63, 3.8) is 0 Å². The lowest BCUT2D eigenvalue weighted by Crippen LogP contribution is -2.24. The Morgan fingerprint density at radius 2 is 2.24 bits per heavy atom. The lowest BCUT2D eigenvalue weighted by molar-refractivity contribution is -0.128. The molecule has 1 aromatic rings. The fraction of sp³-hybridized carbons (Fsp3) is 0.583. The average Bonchev–Trinajstić information content (AvgIpc) is 2.77. The first-order chi connectivity index (χ1) is 8.18. The van der Waals surface area contributed by atoms with Crippen LogP contribution in [0.5, 0.6) is 0 Å². The molecule has 0 spiro atoms. The molecule has 0 saturated heterocycles. The zero-order valence-electron chi connectivity index (χ0n) is 10.4.